The van der Waals surface area contributed by atoms with Crippen LogP contribution in [-0.4, -0.2) is 24.6 Å². The summed E-state index contributed by atoms with van der Waals surface area (Å²) in [5.74, 6) is 0.0645. The van der Waals surface area contributed by atoms with Crippen LogP contribution in [0, 0.1) is 0 Å². The summed E-state index contributed by atoms with van der Waals surface area (Å²) in [4.78, 5) is 2.10. The van der Waals surface area contributed by atoms with Crippen LogP contribution in [0.3, 0.4) is 0 Å². The van der Waals surface area contributed by atoms with Crippen LogP contribution in [0.15, 0.2) is 23.4 Å². The number of rotatable bonds is 5. The van der Waals surface area contributed by atoms with Crippen LogP contribution in [0.25, 0.3) is 0 Å². The molecule has 1 rings (SSSR count). The minimum atomic E-state index is 0.0645. The van der Waals surface area contributed by atoms with Gasteiger partial charge >= 0.3 is 0 Å². The van der Waals surface area contributed by atoms with E-state index >= 15 is 0 Å². The number of hydrogen-bond donors (Lipinski definition) is 2. The zero-order valence-electron chi connectivity index (χ0n) is 10.2. The predicted octanol–water partition coefficient (Wildman–Crippen LogP) is 2.67. The lowest BCUT2D eigenvalue weighted by Crippen LogP contribution is -2.19. The third kappa shape index (κ3) is 3.53. The minimum Gasteiger partial charge on any atom is -0.409 e. The highest BCUT2D eigenvalue weighted by Gasteiger charge is 2.08. The van der Waals surface area contributed by atoms with Crippen LogP contribution in [-0.2, 0) is 0 Å². The average molecular weight is 256 g/mol. The quantitative estimate of drug-likeness (QED) is 0.368. The maximum absolute atomic E-state index is 8.58. The van der Waals surface area contributed by atoms with Crippen molar-refractivity contribution in [2.45, 2.75) is 19.8 Å². The molecule has 5 heteroatoms. The zero-order valence-corrected chi connectivity index (χ0v) is 10.9. The fourth-order valence-electron chi connectivity index (χ4n) is 1.55. The molecular weight excluding hydrogens is 238 g/mol. The summed E-state index contributed by atoms with van der Waals surface area (Å²) in [6, 6.07) is 5.37. The van der Waals surface area contributed by atoms with Gasteiger partial charge in [0.2, 0.25) is 0 Å². The molecule has 0 unspecified atom stereocenters. The number of amidine groups is 1. The molecule has 4 nitrogen and oxygen atoms in total. The molecule has 3 N–H and O–H groups in total. The van der Waals surface area contributed by atoms with E-state index in [0.717, 1.165) is 25.1 Å². The second-order valence-corrected chi connectivity index (χ2v) is 4.33. The Kier molecular flexibility index (Phi) is 5.10. The Bertz CT molecular complexity index is 407. The molecule has 1 aromatic carbocycles. The number of hydrogen-bond acceptors (Lipinski definition) is 3. The molecule has 0 aromatic heterocycles. The standard InChI is InChI=1S/C12H18ClN3O/c1-3-4-7-16(2)11-6-5-9(8-10(11)13)12(14)15-17/h5-6,8,17H,3-4,7H2,1-2H3,(H2,14,15). The molecule has 0 radical (unpaired) electrons. The molecule has 0 bridgehead atoms. The maximum atomic E-state index is 8.58. The molecule has 17 heavy (non-hydrogen) atoms. The lowest BCUT2D eigenvalue weighted by atomic mass is 10.1. The lowest BCUT2D eigenvalue weighted by molar-refractivity contribution is 0.318. The van der Waals surface area contributed by atoms with Crippen LogP contribution in [0.5, 0.6) is 0 Å². The SMILES string of the molecule is CCCCN(C)c1ccc(C(N)=NO)cc1Cl. The third-order valence-corrected chi connectivity index (χ3v) is 2.91. The second-order valence-electron chi connectivity index (χ2n) is 3.93. The summed E-state index contributed by atoms with van der Waals surface area (Å²) in [5, 5.41) is 12.1. The van der Waals surface area contributed by atoms with Gasteiger partial charge in [0.25, 0.3) is 0 Å². The Morgan fingerprint density at radius 1 is 1.53 bits per heavy atom. The Balaban J connectivity index is 2.89. The van der Waals surface area contributed by atoms with Crippen molar-refractivity contribution in [1.82, 2.24) is 0 Å². The summed E-state index contributed by atoms with van der Waals surface area (Å²) < 4.78 is 0. The number of oxime groups is 1. The smallest absolute Gasteiger partial charge is 0.170 e. The molecule has 0 saturated heterocycles. The maximum Gasteiger partial charge on any atom is 0.170 e. The van der Waals surface area contributed by atoms with E-state index in [1.54, 1.807) is 12.1 Å². The molecule has 0 amide bonds. The average Bonchev–Trinajstić information content (AvgIpc) is 2.34. The zero-order chi connectivity index (χ0) is 12.8. The first kappa shape index (κ1) is 13.6. The molecule has 0 spiro atoms. The van der Waals surface area contributed by atoms with Gasteiger partial charge in [-0.2, -0.15) is 0 Å². The van der Waals surface area contributed by atoms with Gasteiger partial charge in [-0.1, -0.05) is 30.1 Å². The van der Waals surface area contributed by atoms with E-state index < -0.39 is 0 Å². The van der Waals surface area contributed by atoms with Crippen LogP contribution in [0.1, 0.15) is 25.3 Å². The summed E-state index contributed by atoms with van der Waals surface area (Å²) in [6.07, 6.45) is 2.26. The molecule has 0 saturated carbocycles. The summed E-state index contributed by atoms with van der Waals surface area (Å²) >= 11 is 6.17. The number of nitrogens with two attached hydrogens (primary N) is 1. The number of anilines is 1. The van der Waals surface area contributed by atoms with E-state index in [1.807, 2.05) is 13.1 Å². The van der Waals surface area contributed by atoms with Crippen molar-refractivity contribution in [3.05, 3.63) is 28.8 Å². The Labute approximate surface area is 107 Å². The largest absolute Gasteiger partial charge is 0.409 e. The highest BCUT2D eigenvalue weighted by Crippen LogP contribution is 2.26. The topological polar surface area (TPSA) is 61.8 Å². The molecule has 0 aliphatic rings. The Hall–Kier alpha value is -1.42. The van der Waals surface area contributed by atoms with E-state index in [9.17, 15) is 0 Å². The van der Waals surface area contributed by atoms with Gasteiger partial charge in [-0.3, -0.25) is 0 Å². The van der Waals surface area contributed by atoms with Crippen molar-refractivity contribution in [3.8, 4) is 0 Å². The molecule has 0 aliphatic carbocycles. The summed E-state index contributed by atoms with van der Waals surface area (Å²) in [6.45, 7) is 3.11. The van der Waals surface area contributed by atoms with Crippen LogP contribution >= 0.6 is 11.6 Å². The van der Waals surface area contributed by atoms with Crippen LogP contribution in [0.2, 0.25) is 5.02 Å². The van der Waals surface area contributed by atoms with Gasteiger partial charge in [0.15, 0.2) is 5.84 Å². The molecular formula is C12H18ClN3O. The van der Waals surface area contributed by atoms with Gasteiger partial charge in [-0.15, -0.1) is 0 Å². The fraction of sp³-hybridized carbons (Fsp3) is 0.417. The normalized spacial score (nSPS) is 11.6. The Morgan fingerprint density at radius 2 is 2.24 bits per heavy atom. The van der Waals surface area contributed by atoms with Crippen molar-refractivity contribution in [1.29, 1.82) is 0 Å². The summed E-state index contributed by atoms with van der Waals surface area (Å²) in [7, 11) is 2.00. The third-order valence-electron chi connectivity index (χ3n) is 2.61. The first-order valence-corrected chi connectivity index (χ1v) is 5.96. The van der Waals surface area contributed by atoms with Gasteiger partial charge < -0.3 is 15.8 Å². The summed E-state index contributed by atoms with van der Waals surface area (Å²) in [5.41, 5.74) is 7.07. The van der Waals surface area contributed by atoms with Crippen LogP contribution in [0.4, 0.5) is 5.69 Å². The van der Waals surface area contributed by atoms with E-state index in [0.29, 0.717) is 10.6 Å². The molecule has 0 aliphatic heterocycles. The first-order chi connectivity index (χ1) is 8.10. The Morgan fingerprint density at radius 3 is 2.76 bits per heavy atom. The second kappa shape index (κ2) is 6.35. The highest BCUT2D eigenvalue weighted by molar-refractivity contribution is 6.33. The molecule has 0 heterocycles. The van der Waals surface area contributed by atoms with Crippen LogP contribution < -0.4 is 10.6 Å². The highest BCUT2D eigenvalue weighted by atomic mass is 35.5. The van der Waals surface area contributed by atoms with Crippen molar-refractivity contribution in [2.75, 3.05) is 18.5 Å². The van der Waals surface area contributed by atoms with Crippen molar-refractivity contribution < 1.29 is 5.21 Å². The lowest BCUT2D eigenvalue weighted by Gasteiger charge is -2.20. The molecule has 0 fully saturated rings. The first-order valence-electron chi connectivity index (χ1n) is 5.58. The van der Waals surface area contributed by atoms with Gasteiger partial charge in [0.05, 0.1) is 10.7 Å². The number of halogens is 1. The molecule has 0 atom stereocenters. The van der Waals surface area contributed by atoms with Gasteiger partial charge in [-0.05, 0) is 24.6 Å². The minimum absolute atomic E-state index is 0.0645. The van der Waals surface area contributed by atoms with Gasteiger partial charge in [0, 0.05) is 19.2 Å². The van der Waals surface area contributed by atoms with Crippen molar-refractivity contribution in [2.24, 2.45) is 10.9 Å². The van der Waals surface area contributed by atoms with E-state index in [2.05, 4.69) is 17.0 Å². The van der Waals surface area contributed by atoms with Gasteiger partial charge in [-0.25, -0.2) is 0 Å². The van der Waals surface area contributed by atoms with Crippen molar-refractivity contribution in [3.63, 3.8) is 0 Å². The number of unbranched alkanes of at least 4 members (excludes halogenated alkanes) is 1. The molecule has 94 valence electrons. The number of nitrogens with zero attached hydrogens (tertiary/aromatic N) is 2. The van der Waals surface area contributed by atoms with E-state index in [1.165, 1.54) is 0 Å². The van der Waals surface area contributed by atoms with E-state index in [4.69, 9.17) is 22.5 Å². The fourth-order valence-corrected chi connectivity index (χ4v) is 1.87. The number of benzene rings is 1. The monoisotopic (exact) mass is 255 g/mol. The molecule has 1 aromatic rings. The van der Waals surface area contributed by atoms with Gasteiger partial charge in [0.1, 0.15) is 0 Å². The predicted molar refractivity (Wildman–Crippen MR) is 72.1 cm³/mol. The van der Waals surface area contributed by atoms with E-state index in [-0.39, 0.29) is 5.84 Å². The van der Waals surface area contributed by atoms with Crippen molar-refractivity contribution >= 4 is 23.1 Å².